The Morgan fingerprint density at radius 1 is 0.721 bits per heavy atom. The number of ether oxygens (including phenoxy) is 8. The number of likely N-dealkylation sites (N-methyl/N-ethyl adjacent to an activating group) is 1. The first kappa shape index (κ1) is 73.7. The van der Waals surface area contributed by atoms with Crippen molar-refractivity contribution in [1.82, 2.24) is 36.4 Å². The molecule has 0 aromatic rings. The average Bonchev–Trinajstić information content (AvgIpc) is 0.993. The molecule has 0 aromatic carbocycles. The SMILES string of the molecule is CN(C(=O)OC(C)(C)C)[C@@H]1[C@@H](O)[C@@H](O[C@@H]2[C@@H](O)[C@H](O[C@H]3OC(CNC[C@H]4C[C@H](O[Si](C)(C)C(C)(C)C)CN4C(=O)OC(C)(C)C)=CC[C@H]3NC(=O)OC(C)(C)C)[C@@H](NC(=O)OC(C)(C)C)C[C@H]2NC(=O)[C@@H](O)CNC(=O)OC(C)(C)C)CC[C@]1(C)O. The van der Waals surface area contributed by atoms with Crippen LogP contribution >= 0.6 is 0 Å². The lowest BCUT2D eigenvalue weighted by atomic mass is 9.77. The van der Waals surface area contributed by atoms with Crippen molar-refractivity contribution in [2.24, 2.45) is 0 Å². The third kappa shape index (κ3) is 22.7. The van der Waals surface area contributed by atoms with Crippen LogP contribution in [0.3, 0.4) is 0 Å². The van der Waals surface area contributed by atoms with Crippen LogP contribution in [-0.4, -0.2) is 221 Å². The Labute approximate surface area is 510 Å². The quantitative estimate of drug-likeness (QED) is 0.0613. The van der Waals surface area contributed by atoms with E-state index >= 15 is 0 Å². The largest absolute Gasteiger partial charge is 0.466 e. The van der Waals surface area contributed by atoms with E-state index in [1.54, 1.807) is 115 Å². The number of likely N-dealkylation sites (tertiary alicyclic amines) is 1. The van der Waals surface area contributed by atoms with Crippen LogP contribution in [0.25, 0.3) is 0 Å². The minimum absolute atomic E-state index is 0.0354. The van der Waals surface area contributed by atoms with Gasteiger partial charge in [-0.2, -0.15) is 0 Å². The van der Waals surface area contributed by atoms with Gasteiger partial charge in [0.2, 0.25) is 6.29 Å². The molecule has 2 aliphatic carbocycles. The first-order valence-corrected chi connectivity index (χ1v) is 32.9. The number of nitrogens with zero attached hydrogens (tertiary/aromatic N) is 2. The third-order valence-electron chi connectivity index (χ3n) is 15.0. The molecular weight excluding hydrogens is 1140 g/mol. The van der Waals surface area contributed by atoms with Crippen molar-refractivity contribution in [2.75, 3.05) is 33.2 Å². The van der Waals surface area contributed by atoms with Gasteiger partial charge in [-0.3, -0.25) is 4.79 Å². The zero-order valence-corrected chi connectivity index (χ0v) is 56.3. The fraction of sp³-hybridized carbons (Fsp3) is 0.864. The molecule has 4 rings (SSSR count). The molecule has 27 heteroatoms. The normalized spacial score (nSPS) is 29.0. The molecule has 496 valence electrons. The van der Waals surface area contributed by atoms with Crippen LogP contribution in [0.1, 0.15) is 164 Å². The zero-order valence-electron chi connectivity index (χ0n) is 55.3. The van der Waals surface area contributed by atoms with Gasteiger partial charge in [-0.05, 0) is 167 Å². The van der Waals surface area contributed by atoms with Gasteiger partial charge in [0, 0.05) is 20.1 Å². The topological polar surface area (TPSA) is 333 Å². The Bertz CT molecular complexity index is 2350. The van der Waals surface area contributed by atoms with Gasteiger partial charge in [-0.15, -0.1) is 0 Å². The van der Waals surface area contributed by atoms with Gasteiger partial charge in [0.15, 0.2) is 8.32 Å². The Morgan fingerprint density at radius 3 is 1.77 bits per heavy atom. The van der Waals surface area contributed by atoms with E-state index in [9.17, 15) is 49.2 Å². The Kier molecular flexibility index (Phi) is 24.3. The maximum absolute atomic E-state index is 14.0. The number of carbonyl (C=O) groups is 6. The summed E-state index contributed by atoms with van der Waals surface area (Å²) in [4.78, 5) is 84.0. The monoisotopic (exact) mass is 1250 g/mol. The first-order valence-electron chi connectivity index (χ1n) is 30.0. The molecule has 2 saturated carbocycles. The molecule has 0 aromatic heterocycles. The summed E-state index contributed by atoms with van der Waals surface area (Å²) >= 11 is 0. The molecule has 2 aliphatic heterocycles. The highest BCUT2D eigenvalue weighted by Gasteiger charge is 2.55. The number of aliphatic hydroxyl groups is 4. The predicted molar refractivity (Wildman–Crippen MR) is 320 cm³/mol. The van der Waals surface area contributed by atoms with Gasteiger partial charge in [0.1, 0.15) is 64.3 Å². The Morgan fingerprint density at radius 2 is 1.23 bits per heavy atom. The molecule has 0 bridgehead atoms. The molecule has 2 heterocycles. The molecule has 0 radical (unpaired) electrons. The maximum Gasteiger partial charge on any atom is 0.410 e. The predicted octanol–water partition coefficient (Wildman–Crippen LogP) is 5.81. The molecule has 4 aliphatic rings. The molecule has 0 spiro atoms. The molecule has 26 nitrogen and oxygen atoms in total. The fourth-order valence-corrected chi connectivity index (χ4v) is 11.6. The third-order valence-corrected chi connectivity index (χ3v) is 19.5. The van der Waals surface area contributed by atoms with Crippen molar-refractivity contribution in [3.63, 3.8) is 0 Å². The van der Waals surface area contributed by atoms with E-state index in [0.29, 0.717) is 25.3 Å². The molecule has 86 heavy (non-hydrogen) atoms. The van der Waals surface area contributed by atoms with Crippen molar-refractivity contribution >= 4 is 44.7 Å². The van der Waals surface area contributed by atoms with Crippen molar-refractivity contribution in [2.45, 2.75) is 295 Å². The van der Waals surface area contributed by atoms with Crippen LogP contribution < -0.4 is 26.6 Å². The van der Waals surface area contributed by atoms with E-state index in [1.807, 2.05) is 0 Å². The summed E-state index contributed by atoms with van der Waals surface area (Å²) in [6, 6.07) is -5.31. The summed E-state index contributed by atoms with van der Waals surface area (Å²) in [7, 11) is -0.886. The molecule has 14 atom stereocenters. The van der Waals surface area contributed by atoms with E-state index in [2.05, 4.69) is 60.4 Å². The summed E-state index contributed by atoms with van der Waals surface area (Å²) < 4.78 is 54.9. The number of rotatable bonds is 17. The minimum atomic E-state index is -2.25. The van der Waals surface area contributed by atoms with E-state index in [0.717, 1.165) is 4.90 Å². The van der Waals surface area contributed by atoms with E-state index < -0.39 is 152 Å². The van der Waals surface area contributed by atoms with Gasteiger partial charge < -0.3 is 99.1 Å². The van der Waals surface area contributed by atoms with Gasteiger partial charge in [0.25, 0.3) is 5.91 Å². The van der Waals surface area contributed by atoms with Crippen molar-refractivity contribution < 1.29 is 91.5 Å². The number of hydrogen-bond donors (Lipinski definition) is 9. The summed E-state index contributed by atoms with van der Waals surface area (Å²) in [6.45, 7) is 37.7. The zero-order chi connectivity index (χ0) is 65.7. The molecule has 1 saturated heterocycles. The maximum atomic E-state index is 14.0. The second-order valence-electron chi connectivity index (χ2n) is 30.0. The van der Waals surface area contributed by atoms with Crippen LogP contribution in [0.2, 0.25) is 18.1 Å². The summed E-state index contributed by atoms with van der Waals surface area (Å²) in [5.74, 6) is -0.693. The smallest absolute Gasteiger partial charge is 0.410 e. The summed E-state index contributed by atoms with van der Waals surface area (Å²) in [5, 5.41) is 62.0. The molecule has 0 unspecified atom stereocenters. The van der Waals surface area contributed by atoms with Crippen LogP contribution in [0.5, 0.6) is 0 Å². The van der Waals surface area contributed by atoms with E-state index in [1.165, 1.54) is 14.0 Å². The van der Waals surface area contributed by atoms with Crippen LogP contribution in [0.4, 0.5) is 24.0 Å². The first-order chi connectivity index (χ1) is 38.9. The van der Waals surface area contributed by atoms with Crippen LogP contribution in [0.15, 0.2) is 11.8 Å². The Hall–Kier alpha value is -4.74. The second kappa shape index (κ2) is 28.4. The Balaban J connectivity index is 1.77. The van der Waals surface area contributed by atoms with Gasteiger partial charge in [-0.1, -0.05) is 20.8 Å². The standard InChI is InChI=1S/C59H107N7O19Si/c1-53(2,3)80-48(71)61-31-39(67)46(70)62-37-28-38(64-50(73)82-55(7,8)9)44(42(69)43(37)78-40-25-26-59(19,76)45(41(40)68)65(20)51(74)83-56(10,11)12)79-47-36(63-49(72)81-54(4,5)6)24-23-34(77-47)30-60-29-33-27-35(85-86(21,22)58(16,17)18)32-66(33)52(75)84-57(13,14)15/h23,33,35-45,47,60,67-69,76H,24-32H2,1-22H3,(H,61,71)(H,62,70)(H,63,72)(H,64,73)/t33-,35+,36-,37-,38+,39+,40+,41+,42-,43+,44-,45-,47-,59+/m1/s1. The highest BCUT2D eigenvalue weighted by molar-refractivity contribution is 6.74. The molecule has 6 amide bonds. The van der Waals surface area contributed by atoms with Gasteiger partial charge >= 0.3 is 30.5 Å². The summed E-state index contributed by atoms with van der Waals surface area (Å²) in [6.07, 6.45) is -13.6. The molecule has 9 N–H and O–H groups in total. The lowest BCUT2D eigenvalue weighted by Crippen LogP contribution is -2.70. The van der Waals surface area contributed by atoms with E-state index in [4.69, 9.17) is 42.3 Å². The fourth-order valence-electron chi connectivity index (χ4n) is 10.2. The highest BCUT2D eigenvalue weighted by Crippen LogP contribution is 2.40. The van der Waals surface area contributed by atoms with Crippen molar-refractivity contribution in [3.05, 3.63) is 11.8 Å². The van der Waals surface area contributed by atoms with Crippen LogP contribution in [-0.2, 0) is 47.1 Å². The lowest BCUT2D eigenvalue weighted by Gasteiger charge is -2.51. The van der Waals surface area contributed by atoms with Gasteiger partial charge in [0.05, 0.1) is 61.1 Å². The molecule has 3 fully saturated rings. The number of carbonyl (C=O) groups excluding carboxylic acids is 6. The summed E-state index contributed by atoms with van der Waals surface area (Å²) in [5.41, 5.74) is -6.24. The second-order valence-corrected chi connectivity index (χ2v) is 34.7. The number of nitrogens with one attached hydrogen (secondary N) is 5. The minimum Gasteiger partial charge on any atom is -0.466 e. The van der Waals surface area contributed by atoms with Crippen molar-refractivity contribution in [1.29, 1.82) is 0 Å². The lowest BCUT2D eigenvalue weighted by molar-refractivity contribution is -0.246. The van der Waals surface area contributed by atoms with E-state index in [-0.39, 0.29) is 49.4 Å². The number of alkyl carbamates (subject to hydrolysis) is 3. The van der Waals surface area contributed by atoms with Gasteiger partial charge in [-0.25, -0.2) is 24.0 Å². The number of amides is 6. The number of hydrogen-bond acceptors (Lipinski definition) is 20. The molecular formula is C59H107N7O19Si. The van der Waals surface area contributed by atoms with Crippen LogP contribution in [0, 0.1) is 0 Å². The highest BCUT2D eigenvalue weighted by atomic mass is 28.4. The number of aliphatic hydroxyl groups excluding tert-OH is 3. The van der Waals surface area contributed by atoms with Crippen molar-refractivity contribution in [3.8, 4) is 0 Å². The average molecular weight is 1250 g/mol.